The molecule has 79 heavy (non-hydrogen) atoms. The number of allylic oxidation sites excluding steroid dienone is 18. The van der Waals surface area contributed by atoms with E-state index in [4.69, 9.17) is 24.3 Å². The van der Waals surface area contributed by atoms with E-state index in [-0.39, 0.29) is 38.6 Å². The van der Waals surface area contributed by atoms with Gasteiger partial charge in [0.05, 0.1) is 13.2 Å². The molecule has 9 nitrogen and oxygen atoms in total. The minimum atomic E-state index is -4.40. The highest BCUT2D eigenvalue weighted by Gasteiger charge is 2.26. The van der Waals surface area contributed by atoms with Gasteiger partial charge in [-0.25, -0.2) is 4.57 Å². The first-order chi connectivity index (χ1) is 38.8. The Kier molecular flexibility index (Phi) is 61.2. The van der Waals surface area contributed by atoms with Crippen LogP contribution in [0, 0.1) is 0 Å². The van der Waals surface area contributed by atoms with Crippen LogP contribution >= 0.6 is 7.82 Å². The van der Waals surface area contributed by atoms with Gasteiger partial charge in [-0.3, -0.25) is 18.6 Å². The number of esters is 2. The molecule has 0 heterocycles. The fourth-order valence-electron chi connectivity index (χ4n) is 8.95. The van der Waals surface area contributed by atoms with Crippen LogP contribution < -0.4 is 5.73 Å². The van der Waals surface area contributed by atoms with Crippen molar-refractivity contribution >= 4 is 19.8 Å². The maximum absolute atomic E-state index is 12.7. The Morgan fingerprint density at radius 1 is 0.380 bits per heavy atom. The van der Waals surface area contributed by atoms with Crippen molar-refractivity contribution in [3.8, 4) is 0 Å². The maximum atomic E-state index is 12.7. The molecule has 0 amide bonds. The van der Waals surface area contributed by atoms with Crippen molar-refractivity contribution in [3.05, 3.63) is 109 Å². The molecule has 3 N–H and O–H groups in total. The topological polar surface area (TPSA) is 134 Å². The molecule has 0 radical (unpaired) electrons. The van der Waals surface area contributed by atoms with E-state index in [1.807, 2.05) is 0 Å². The molecule has 0 saturated heterocycles. The summed E-state index contributed by atoms with van der Waals surface area (Å²) in [4.78, 5) is 35.3. The molecule has 0 aliphatic rings. The molecule has 0 aromatic rings. The Morgan fingerprint density at radius 3 is 0.975 bits per heavy atom. The molecule has 0 aromatic carbocycles. The predicted octanol–water partition coefficient (Wildman–Crippen LogP) is 21.0. The molecule has 0 bridgehead atoms. The Balaban J connectivity index is 3.85. The number of ether oxygens (including phenoxy) is 2. The summed E-state index contributed by atoms with van der Waals surface area (Å²) in [6.07, 6.45) is 87.5. The van der Waals surface area contributed by atoms with E-state index in [1.165, 1.54) is 141 Å². The van der Waals surface area contributed by atoms with Crippen LogP contribution in [0.4, 0.5) is 0 Å². The molecule has 0 aliphatic carbocycles. The molecule has 0 fully saturated rings. The Bertz CT molecular complexity index is 1660. The van der Waals surface area contributed by atoms with Crippen molar-refractivity contribution in [2.45, 2.75) is 290 Å². The van der Waals surface area contributed by atoms with Crippen LogP contribution in [-0.2, 0) is 32.7 Å². The molecule has 0 rings (SSSR count). The second kappa shape index (κ2) is 63.8. The number of hydrogen-bond donors (Lipinski definition) is 2. The summed E-state index contributed by atoms with van der Waals surface area (Å²) in [5.74, 6) is -0.845. The first kappa shape index (κ1) is 75.7. The van der Waals surface area contributed by atoms with Gasteiger partial charge in [-0.15, -0.1) is 0 Å². The lowest BCUT2D eigenvalue weighted by molar-refractivity contribution is -0.161. The van der Waals surface area contributed by atoms with Crippen LogP contribution in [0.3, 0.4) is 0 Å². The average molecular weight is 1120 g/mol. The summed E-state index contributed by atoms with van der Waals surface area (Å²) < 4.78 is 33.1. The highest BCUT2D eigenvalue weighted by atomic mass is 31.2. The summed E-state index contributed by atoms with van der Waals surface area (Å²) in [5, 5.41) is 0. The van der Waals surface area contributed by atoms with Crippen molar-refractivity contribution < 1.29 is 37.6 Å². The van der Waals surface area contributed by atoms with Crippen LogP contribution in [0.15, 0.2) is 109 Å². The monoisotopic (exact) mass is 1120 g/mol. The van der Waals surface area contributed by atoms with E-state index >= 15 is 0 Å². The molecule has 0 spiro atoms. The van der Waals surface area contributed by atoms with Gasteiger partial charge in [0.15, 0.2) is 6.10 Å². The van der Waals surface area contributed by atoms with Gasteiger partial charge in [-0.2, -0.15) is 0 Å². The smallest absolute Gasteiger partial charge is 0.462 e. The van der Waals surface area contributed by atoms with Crippen LogP contribution in [0.25, 0.3) is 0 Å². The van der Waals surface area contributed by atoms with Crippen molar-refractivity contribution in [3.63, 3.8) is 0 Å². The molecule has 2 unspecified atom stereocenters. The highest BCUT2D eigenvalue weighted by molar-refractivity contribution is 7.47. The first-order valence-corrected chi connectivity index (χ1v) is 33.9. The van der Waals surface area contributed by atoms with E-state index in [9.17, 15) is 19.0 Å². The molecule has 454 valence electrons. The van der Waals surface area contributed by atoms with E-state index < -0.39 is 26.5 Å². The third-order valence-electron chi connectivity index (χ3n) is 13.7. The largest absolute Gasteiger partial charge is 0.472 e. The minimum absolute atomic E-state index is 0.0464. The lowest BCUT2D eigenvalue weighted by atomic mass is 10.0. The zero-order chi connectivity index (χ0) is 57.3. The van der Waals surface area contributed by atoms with Crippen molar-refractivity contribution in [1.29, 1.82) is 0 Å². The zero-order valence-electron chi connectivity index (χ0n) is 50.8. The predicted molar refractivity (Wildman–Crippen MR) is 339 cm³/mol. The summed E-state index contributed by atoms with van der Waals surface area (Å²) in [5.41, 5.74) is 5.39. The lowest BCUT2D eigenvalue weighted by Crippen LogP contribution is -2.29. The van der Waals surface area contributed by atoms with Gasteiger partial charge in [0.25, 0.3) is 0 Å². The molecular weight excluding hydrogens is 1000 g/mol. The fraction of sp³-hybridized carbons (Fsp3) is 0.710. The van der Waals surface area contributed by atoms with Crippen LogP contribution in [0.1, 0.15) is 284 Å². The normalized spacial score (nSPS) is 13.7. The summed E-state index contributed by atoms with van der Waals surface area (Å²) in [6.45, 7) is 3.51. The van der Waals surface area contributed by atoms with Crippen molar-refractivity contribution in [2.75, 3.05) is 26.4 Å². The summed E-state index contributed by atoms with van der Waals surface area (Å²) in [7, 11) is -4.40. The maximum Gasteiger partial charge on any atom is 0.472 e. The van der Waals surface area contributed by atoms with Gasteiger partial charge in [0, 0.05) is 19.4 Å². The van der Waals surface area contributed by atoms with Gasteiger partial charge < -0.3 is 20.1 Å². The lowest BCUT2D eigenvalue weighted by Gasteiger charge is -2.19. The fourth-order valence-corrected chi connectivity index (χ4v) is 9.72. The van der Waals surface area contributed by atoms with E-state index in [0.29, 0.717) is 6.42 Å². The number of unbranched alkanes of at least 4 members (excludes halogenated alkanes) is 29. The van der Waals surface area contributed by atoms with E-state index in [2.05, 4.69) is 123 Å². The van der Waals surface area contributed by atoms with Crippen LogP contribution in [-0.4, -0.2) is 49.3 Å². The van der Waals surface area contributed by atoms with Gasteiger partial charge >= 0.3 is 19.8 Å². The molecule has 2 atom stereocenters. The molecule has 0 aliphatic heterocycles. The second-order valence-corrected chi connectivity index (χ2v) is 22.7. The van der Waals surface area contributed by atoms with Crippen molar-refractivity contribution in [2.24, 2.45) is 5.73 Å². The highest BCUT2D eigenvalue weighted by Crippen LogP contribution is 2.43. The van der Waals surface area contributed by atoms with E-state index in [1.54, 1.807) is 0 Å². The van der Waals surface area contributed by atoms with Gasteiger partial charge in [0.2, 0.25) is 0 Å². The van der Waals surface area contributed by atoms with Crippen molar-refractivity contribution in [1.82, 2.24) is 0 Å². The average Bonchev–Trinajstić information content (AvgIpc) is 3.44. The van der Waals surface area contributed by atoms with Gasteiger partial charge in [-0.1, -0.05) is 284 Å². The number of phosphoric acid groups is 1. The van der Waals surface area contributed by atoms with Crippen LogP contribution in [0.2, 0.25) is 0 Å². The molecule has 0 aromatic heterocycles. The van der Waals surface area contributed by atoms with E-state index in [0.717, 1.165) is 109 Å². The minimum Gasteiger partial charge on any atom is -0.462 e. The zero-order valence-corrected chi connectivity index (χ0v) is 51.7. The standard InChI is InChI=1S/C69H120NO8P/c1-3-5-7-9-11-13-15-17-19-21-23-25-26-27-28-29-30-31-32-33-34-35-36-37-38-39-40-42-43-45-47-49-51-53-55-57-59-61-68(71)75-65-67(66-77-79(73,74)76-64-63-70)78-69(72)62-60-58-56-54-52-50-48-46-44-41-24-22-20-18-16-14-12-10-8-6-4-2/h5-8,11-14,17-20,23-25,41,46,48,67H,3-4,9-10,15-16,21-22,26-40,42-45,47,49-66,70H2,1-2H3,(H,73,74)/b7-5-,8-6-,13-11-,14-12-,19-17-,20-18-,25-23-,41-24-,48-46-. The van der Waals surface area contributed by atoms with Gasteiger partial charge in [-0.05, 0) is 96.3 Å². The number of carbonyl (C=O) groups excluding carboxylic acids is 2. The third kappa shape index (κ3) is 63.7. The number of hydrogen-bond acceptors (Lipinski definition) is 8. The number of carbonyl (C=O) groups is 2. The summed E-state index contributed by atoms with van der Waals surface area (Å²) in [6, 6.07) is 0. The Labute approximate surface area is 486 Å². The first-order valence-electron chi connectivity index (χ1n) is 32.4. The SMILES string of the molecule is CC/C=C\C/C=C\C/C=C\C/C=C\C/C=C\CCCCCCCC(=O)OC(COC(=O)CCCCCCCCCCCCCCCCCCCCCCCCCC/C=C\C/C=C\C/C=C\C/C=C\CC)COP(=O)(O)OCCN. The summed E-state index contributed by atoms with van der Waals surface area (Å²) >= 11 is 0. The van der Waals surface area contributed by atoms with Crippen LogP contribution in [0.5, 0.6) is 0 Å². The number of nitrogens with two attached hydrogens (primary N) is 1. The Morgan fingerprint density at radius 2 is 0.658 bits per heavy atom. The number of phosphoric ester groups is 1. The molecule has 0 saturated carbocycles. The third-order valence-corrected chi connectivity index (χ3v) is 14.6. The number of rotatable bonds is 60. The molecule has 10 heteroatoms. The Hall–Kier alpha value is -3.33. The quantitative estimate of drug-likeness (QED) is 0.0264. The van der Waals surface area contributed by atoms with Gasteiger partial charge in [0.1, 0.15) is 6.61 Å². The second-order valence-electron chi connectivity index (χ2n) is 21.2. The molecular formula is C69H120NO8P.